The van der Waals surface area contributed by atoms with Crippen molar-refractivity contribution < 1.29 is 22.0 Å². The quantitative estimate of drug-likeness (QED) is 0.357. The van der Waals surface area contributed by atoms with Gasteiger partial charge in [-0.25, -0.2) is 36.6 Å². The van der Waals surface area contributed by atoms with Gasteiger partial charge in [-0.3, -0.25) is 4.79 Å². The van der Waals surface area contributed by atoms with E-state index in [1.165, 1.54) is 16.8 Å². The molecule has 0 atom stereocenters. The number of benzene rings is 1. The average molecular weight is 580 g/mol. The zero-order chi connectivity index (χ0) is 29.5. The Morgan fingerprint density at radius 1 is 1.15 bits per heavy atom. The van der Waals surface area contributed by atoms with Gasteiger partial charge in [0.1, 0.15) is 23.0 Å². The Morgan fingerprint density at radius 2 is 1.88 bits per heavy atom. The second kappa shape index (κ2) is 10.9. The van der Waals surface area contributed by atoms with Crippen molar-refractivity contribution in [2.24, 2.45) is 5.92 Å². The maximum absolute atomic E-state index is 14.9. The number of halogens is 2. The van der Waals surface area contributed by atoms with Gasteiger partial charge in [0.25, 0.3) is 5.91 Å². The summed E-state index contributed by atoms with van der Waals surface area (Å²) in [6.45, 7) is 5.20. The molecular formula is C28H27F2N7O3S. The van der Waals surface area contributed by atoms with Gasteiger partial charge in [0, 0.05) is 36.8 Å². The van der Waals surface area contributed by atoms with Gasteiger partial charge >= 0.3 is 0 Å². The third-order valence-corrected chi connectivity index (χ3v) is 7.48. The third-order valence-electron chi connectivity index (χ3n) is 6.92. The lowest BCUT2D eigenvalue weighted by atomic mass is 9.97. The van der Waals surface area contributed by atoms with Crippen molar-refractivity contribution in [3.8, 4) is 22.9 Å². The lowest BCUT2D eigenvalue weighted by Gasteiger charge is -2.30. The SMILES string of the molecule is CC(C)c1nn(-c2ccc(F)cc2F)c2nc(C(=O)NS(C)(=O)=O)cc(-c3ccc(N4CCC(C#N)CC4)nc3)c12. The molecule has 0 spiro atoms. The molecule has 10 nitrogen and oxygen atoms in total. The van der Waals surface area contributed by atoms with Gasteiger partial charge in [-0.05, 0) is 54.7 Å². The number of nitriles is 1. The van der Waals surface area contributed by atoms with Gasteiger partial charge in [0.2, 0.25) is 10.0 Å². The van der Waals surface area contributed by atoms with E-state index in [1.54, 1.807) is 6.20 Å². The van der Waals surface area contributed by atoms with E-state index in [0.717, 1.165) is 37.0 Å². The number of anilines is 1. The highest BCUT2D eigenvalue weighted by molar-refractivity contribution is 7.89. The summed E-state index contributed by atoms with van der Waals surface area (Å²) in [5.41, 5.74) is 1.41. The van der Waals surface area contributed by atoms with Crippen LogP contribution in [-0.4, -0.2) is 53.4 Å². The fraction of sp³-hybridized carbons (Fsp3) is 0.321. The molecule has 0 unspecified atom stereocenters. The molecule has 0 aliphatic carbocycles. The van der Waals surface area contributed by atoms with E-state index in [9.17, 15) is 27.3 Å². The summed E-state index contributed by atoms with van der Waals surface area (Å²) < 4.78 is 55.4. The minimum atomic E-state index is -3.91. The predicted molar refractivity (Wildman–Crippen MR) is 149 cm³/mol. The lowest BCUT2D eigenvalue weighted by Crippen LogP contribution is -2.33. The summed E-state index contributed by atoms with van der Waals surface area (Å²) in [5.74, 6) is -2.02. The number of rotatable bonds is 6. The molecule has 0 bridgehead atoms. The summed E-state index contributed by atoms with van der Waals surface area (Å²) in [5, 5.41) is 14.3. The van der Waals surface area contributed by atoms with Gasteiger partial charge in [-0.2, -0.15) is 10.4 Å². The average Bonchev–Trinajstić information content (AvgIpc) is 3.31. The third kappa shape index (κ3) is 5.74. The Kier molecular flexibility index (Phi) is 7.44. The number of fused-ring (bicyclic) bond motifs is 1. The van der Waals surface area contributed by atoms with Crippen LogP contribution in [0, 0.1) is 28.9 Å². The number of nitrogens with zero attached hydrogens (tertiary/aromatic N) is 6. The van der Waals surface area contributed by atoms with Gasteiger partial charge in [0.15, 0.2) is 11.5 Å². The highest BCUT2D eigenvalue weighted by atomic mass is 32.2. The number of hydrogen-bond donors (Lipinski definition) is 1. The number of hydrogen-bond acceptors (Lipinski definition) is 8. The maximum Gasteiger partial charge on any atom is 0.283 e. The molecular weight excluding hydrogens is 552 g/mol. The number of carbonyl (C=O) groups is 1. The van der Waals surface area contributed by atoms with Crippen LogP contribution in [-0.2, 0) is 10.0 Å². The molecule has 4 heterocycles. The zero-order valence-electron chi connectivity index (χ0n) is 22.6. The minimum Gasteiger partial charge on any atom is -0.357 e. The fourth-order valence-electron chi connectivity index (χ4n) is 4.90. The minimum absolute atomic E-state index is 0.0315. The van der Waals surface area contributed by atoms with E-state index in [1.807, 2.05) is 30.7 Å². The van der Waals surface area contributed by atoms with Crippen molar-refractivity contribution >= 4 is 32.8 Å². The Balaban J connectivity index is 1.69. The first kappa shape index (κ1) is 28.1. The van der Waals surface area contributed by atoms with Crippen molar-refractivity contribution in [2.75, 3.05) is 24.2 Å². The predicted octanol–water partition coefficient (Wildman–Crippen LogP) is 4.31. The molecule has 1 N–H and O–H groups in total. The summed E-state index contributed by atoms with van der Waals surface area (Å²) >= 11 is 0. The van der Waals surface area contributed by atoms with Crippen LogP contribution in [0.25, 0.3) is 27.8 Å². The molecule has 1 fully saturated rings. The summed E-state index contributed by atoms with van der Waals surface area (Å²) in [6, 6.07) is 10.5. The Hall–Kier alpha value is -4.44. The molecule has 0 radical (unpaired) electrons. The van der Waals surface area contributed by atoms with Gasteiger partial charge in [0.05, 0.1) is 23.4 Å². The van der Waals surface area contributed by atoms with Crippen molar-refractivity contribution in [3.63, 3.8) is 0 Å². The molecule has 1 saturated heterocycles. The molecule has 1 aromatic carbocycles. The number of carbonyl (C=O) groups excluding carboxylic acids is 1. The van der Waals surface area contributed by atoms with E-state index >= 15 is 0 Å². The second-order valence-corrected chi connectivity index (χ2v) is 12.0. The largest absolute Gasteiger partial charge is 0.357 e. The molecule has 3 aromatic heterocycles. The highest BCUT2D eigenvalue weighted by Crippen LogP contribution is 2.36. The lowest BCUT2D eigenvalue weighted by molar-refractivity contribution is 0.0977. The van der Waals surface area contributed by atoms with Gasteiger partial charge in [-0.15, -0.1) is 0 Å². The van der Waals surface area contributed by atoms with Crippen molar-refractivity contribution in [1.82, 2.24) is 24.5 Å². The van der Waals surface area contributed by atoms with Crippen LogP contribution in [0.4, 0.5) is 14.6 Å². The second-order valence-electron chi connectivity index (χ2n) is 10.3. The van der Waals surface area contributed by atoms with Crippen molar-refractivity contribution in [3.05, 3.63) is 65.6 Å². The Bertz CT molecular complexity index is 1790. The van der Waals surface area contributed by atoms with Crippen molar-refractivity contribution in [2.45, 2.75) is 32.6 Å². The molecule has 212 valence electrons. The normalized spacial score (nSPS) is 14.4. The van der Waals surface area contributed by atoms with Crippen LogP contribution >= 0.6 is 0 Å². The molecule has 1 aliphatic rings. The van der Waals surface area contributed by atoms with Crippen LogP contribution in [0.5, 0.6) is 0 Å². The topological polar surface area (TPSA) is 134 Å². The summed E-state index contributed by atoms with van der Waals surface area (Å²) in [7, 11) is -3.91. The molecule has 0 saturated carbocycles. The number of piperidine rings is 1. The molecule has 41 heavy (non-hydrogen) atoms. The van der Waals surface area contributed by atoms with Gasteiger partial charge < -0.3 is 4.90 Å². The molecule has 1 aliphatic heterocycles. The molecule has 13 heteroatoms. The monoisotopic (exact) mass is 579 g/mol. The van der Waals surface area contributed by atoms with E-state index in [4.69, 9.17) is 0 Å². The number of amides is 1. The van der Waals surface area contributed by atoms with Crippen LogP contribution in [0.15, 0.2) is 42.6 Å². The smallest absolute Gasteiger partial charge is 0.283 e. The van der Waals surface area contributed by atoms with Crippen LogP contribution < -0.4 is 9.62 Å². The first-order valence-corrected chi connectivity index (χ1v) is 14.9. The van der Waals surface area contributed by atoms with E-state index in [0.29, 0.717) is 35.3 Å². The highest BCUT2D eigenvalue weighted by Gasteiger charge is 2.26. The molecule has 1 amide bonds. The van der Waals surface area contributed by atoms with E-state index in [2.05, 4.69) is 26.0 Å². The Labute approximate surface area is 235 Å². The zero-order valence-corrected chi connectivity index (χ0v) is 23.4. The first-order chi connectivity index (χ1) is 19.4. The summed E-state index contributed by atoms with van der Waals surface area (Å²) in [6.07, 6.45) is 3.99. The van der Waals surface area contributed by atoms with Gasteiger partial charge in [-0.1, -0.05) is 13.8 Å². The van der Waals surface area contributed by atoms with Crippen LogP contribution in [0.2, 0.25) is 0 Å². The van der Waals surface area contributed by atoms with Crippen LogP contribution in [0.3, 0.4) is 0 Å². The fourth-order valence-corrected chi connectivity index (χ4v) is 5.34. The van der Waals surface area contributed by atoms with E-state index < -0.39 is 27.6 Å². The standard InChI is InChI=1S/C28H27F2N7O3S/c1-16(2)26-25-20(18-4-7-24(32-15-18)36-10-8-17(14-31)9-11-36)13-22(28(38)35-41(3,39)40)33-27(25)37(34-26)23-6-5-19(29)12-21(23)30/h4-7,12-13,15-17H,8-11H2,1-3H3,(H,35,38). The number of sulfonamides is 1. The summed E-state index contributed by atoms with van der Waals surface area (Å²) in [4.78, 5) is 24.1. The molecule has 5 rings (SSSR count). The first-order valence-electron chi connectivity index (χ1n) is 13.0. The number of aromatic nitrogens is 4. The van der Waals surface area contributed by atoms with E-state index in [-0.39, 0.29) is 28.9 Å². The number of pyridine rings is 2. The van der Waals surface area contributed by atoms with Crippen LogP contribution in [0.1, 0.15) is 48.8 Å². The maximum atomic E-state index is 14.9. The number of nitrogens with one attached hydrogen (secondary N) is 1. The van der Waals surface area contributed by atoms with Crippen molar-refractivity contribution in [1.29, 1.82) is 5.26 Å². The Morgan fingerprint density at radius 3 is 2.46 bits per heavy atom. The molecule has 4 aromatic rings.